The number of anilines is 1. The van der Waals surface area contributed by atoms with E-state index in [9.17, 15) is 29.1 Å². The molecule has 0 unspecified atom stereocenters. The smallest absolute Gasteiger partial charge is 0.408 e. The van der Waals surface area contributed by atoms with Crippen molar-refractivity contribution in [3.63, 3.8) is 0 Å². The summed E-state index contributed by atoms with van der Waals surface area (Å²) in [6, 6.07) is 14.0. The van der Waals surface area contributed by atoms with Gasteiger partial charge in [0.2, 0.25) is 11.8 Å². The van der Waals surface area contributed by atoms with Crippen LogP contribution in [0.1, 0.15) is 6.42 Å². The summed E-state index contributed by atoms with van der Waals surface area (Å²) in [5.74, 6) is -3.36. The van der Waals surface area contributed by atoms with Gasteiger partial charge in [-0.25, -0.2) is 14.7 Å². The van der Waals surface area contributed by atoms with Crippen LogP contribution < -0.4 is 15.1 Å². The van der Waals surface area contributed by atoms with E-state index in [1.807, 2.05) is 30.3 Å². The number of hydroxylamine groups is 1. The molecule has 2 aliphatic heterocycles. The zero-order chi connectivity index (χ0) is 24.9. The van der Waals surface area contributed by atoms with E-state index >= 15 is 0 Å². The average Bonchev–Trinajstić information content (AvgIpc) is 2.89. The molecule has 2 aromatic rings. The van der Waals surface area contributed by atoms with Gasteiger partial charge in [-0.2, -0.15) is 0 Å². The molecule has 3 atom stereocenters. The van der Waals surface area contributed by atoms with Gasteiger partial charge in [-0.05, 0) is 24.3 Å². The number of hydrogen-bond acceptors (Lipinski definition) is 6. The Hall–Kier alpha value is -3.86. The number of nitrogens with one attached hydrogen (secondary N) is 1. The van der Waals surface area contributed by atoms with Gasteiger partial charge in [-0.15, -0.1) is 0 Å². The molecule has 0 aromatic heterocycles. The Morgan fingerprint density at radius 2 is 1.63 bits per heavy atom. The number of para-hydroxylation sites is 2. The molecule has 0 spiro atoms. The molecule has 35 heavy (non-hydrogen) atoms. The minimum Gasteiger partial charge on any atom is -0.485 e. The minimum absolute atomic E-state index is 0.0785. The Labute approximate surface area is 201 Å². The molecule has 2 heterocycles. The van der Waals surface area contributed by atoms with Crippen LogP contribution in [0, 0.1) is 11.7 Å². The predicted octanol–water partition coefficient (Wildman–Crippen LogP) is 1.80. The van der Waals surface area contributed by atoms with Crippen molar-refractivity contribution in [3.05, 3.63) is 60.4 Å². The minimum atomic E-state index is -1.41. The quantitative estimate of drug-likeness (QED) is 0.435. The first-order valence-corrected chi connectivity index (χ1v) is 11.3. The van der Waals surface area contributed by atoms with Gasteiger partial charge in [0.15, 0.2) is 11.6 Å². The molecule has 0 saturated carbocycles. The third-order valence-electron chi connectivity index (χ3n) is 6.42. The van der Waals surface area contributed by atoms with Crippen LogP contribution in [-0.2, 0) is 9.59 Å². The van der Waals surface area contributed by atoms with Crippen molar-refractivity contribution in [2.24, 2.45) is 5.92 Å². The van der Waals surface area contributed by atoms with Crippen molar-refractivity contribution < 1.29 is 33.8 Å². The van der Waals surface area contributed by atoms with Crippen LogP contribution in [0.4, 0.5) is 14.9 Å². The molecule has 2 aliphatic rings. The molecule has 3 N–H and O–H groups in total. The van der Waals surface area contributed by atoms with E-state index in [4.69, 9.17) is 4.74 Å². The summed E-state index contributed by atoms with van der Waals surface area (Å²) in [7, 11) is 0. The van der Waals surface area contributed by atoms with Crippen molar-refractivity contribution in [2.45, 2.75) is 18.6 Å². The molecule has 0 bridgehead atoms. The molecule has 4 rings (SSSR count). The molecule has 2 aromatic carbocycles. The van der Waals surface area contributed by atoms with E-state index in [1.54, 1.807) is 6.07 Å². The molecule has 10 nitrogen and oxygen atoms in total. The summed E-state index contributed by atoms with van der Waals surface area (Å²) < 4.78 is 19.7. The Balaban J connectivity index is 1.52. The van der Waals surface area contributed by atoms with Crippen molar-refractivity contribution in [1.82, 2.24) is 15.3 Å². The van der Waals surface area contributed by atoms with Crippen LogP contribution in [0.25, 0.3) is 0 Å². The number of rotatable bonds is 5. The van der Waals surface area contributed by atoms with Gasteiger partial charge in [0, 0.05) is 38.3 Å². The summed E-state index contributed by atoms with van der Waals surface area (Å²) >= 11 is 0. The fourth-order valence-corrected chi connectivity index (χ4v) is 4.69. The van der Waals surface area contributed by atoms with Crippen LogP contribution >= 0.6 is 0 Å². The zero-order valence-corrected chi connectivity index (χ0v) is 18.9. The predicted molar refractivity (Wildman–Crippen MR) is 123 cm³/mol. The Kier molecular flexibility index (Phi) is 7.35. The molecular weight excluding hydrogens is 459 g/mol. The summed E-state index contributed by atoms with van der Waals surface area (Å²) in [5.41, 5.74) is 2.56. The number of amides is 3. The molecule has 2 saturated heterocycles. The SMILES string of the molecule is O=C(NO)[C@H]1C[C@H](Oc2ccccc2F)CN(C(=O)O)[C@@H]1C(=O)N1CCN(c2ccccc2)CC1. The molecule has 0 aliphatic carbocycles. The van der Waals surface area contributed by atoms with E-state index in [2.05, 4.69) is 4.90 Å². The maximum Gasteiger partial charge on any atom is 0.408 e. The molecular formula is C24H27FN4O6. The number of hydrogen-bond donors (Lipinski definition) is 3. The number of carbonyl (C=O) groups is 3. The van der Waals surface area contributed by atoms with E-state index in [-0.39, 0.29) is 18.7 Å². The number of carboxylic acid groups (broad SMARTS) is 1. The molecule has 2 fully saturated rings. The van der Waals surface area contributed by atoms with Gasteiger partial charge < -0.3 is 19.6 Å². The first-order valence-electron chi connectivity index (χ1n) is 11.3. The van der Waals surface area contributed by atoms with Crippen molar-refractivity contribution in [3.8, 4) is 5.75 Å². The standard InChI is InChI=1S/C24H27FN4O6/c25-19-8-4-5-9-20(19)35-17-14-18(22(30)26-34)21(29(15-17)24(32)33)23(31)28-12-10-27(11-13-28)16-6-2-1-3-7-16/h1-9,17-18,21,34H,10-15H2,(H,26,30)(H,32,33)/t17-,18-,21-/m0/s1. The van der Waals surface area contributed by atoms with Crippen LogP contribution in [0.2, 0.25) is 0 Å². The second kappa shape index (κ2) is 10.6. The second-order valence-electron chi connectivity index (χ2n) is 8.52. The summed E-state index contributed by atoms with van der Waals surface area (Å²) in [6.45, 7) is 1.55. The van der Waals surface area contributed by atoms with Gasteiger partial charge >= 0.3 is 6.09 Å². The maximum absolute atomic E-state index is 14.1. The van der Waals surface area contributed by atoms with E-state index in [0.717, 1.165) is 10.6 Å². The average molecular weight is 487 g/mol. The lowest BCUT2D eigenvalue weighted by Gasteiger charge is -2.44. The molecule has 186 valence electrons. The van der Waals surface area contributed by atoms with Crippen molar-refractivity contribution >= 4 is 23.6 Å². The first-order chi connectivity index (χ1) is 16.9. The van der Waals surface area contributed by atoms with Gasteiger partial charge in [0.05, 0.1) is 12.5 Å². The van der Waals surface area contributed by atoms with E-state index in [0.29, 0.717) is 26.2 Å². The largest absolute Gasteiger partial charge is 0.485 e. The number of nitrogens with zero attached hydrogens (tertiary/aromatic N) is 3. The van der Waals surface area contributed by atoms with E-state index in [1.165, 1.54) is 28.6 Å². The maximum atomic E-state index is 14.1. The number of benzene rings is 2. The Morgan fingerprint density at radius 3 is 2.26 bits per heavy atom. The highest BCUT2D eigenvalue weighted by Crippen LogP contribution is 2.30. The highest BCUT2D eigenvalue weighted by atomic mass is 19.1. The molecule has 3 amide bonds. The highest BCUT2D eigenvalue weighted by molar-refractivity contribution is 5.92. The fourth-order valence-electron chi connectivity index (χ4n) is 4.69. The summed E-state index contributed by atoms with van der Waals surface area (Å²) in [4.78, 5) is 42.7. The number of halogens is 1. The number of piperazine rings is 1. The van der Waals surface area contributed by atoms with Crippen LogP contribution in [0.5, 0.6) is 5.75 Å². The fraction of sp³-hybridized carbons (Fsp3) is 0.375. The molecule has 0 radical (unpaired) electrons. The van der Waals surface area contributed by atoms with Gasteiger partial charge in [0.25, 0.3) is 0 Å². The van der Waals surface area contributed by atoms with Gasteiger partial charge in [-0.3, -0.25) is 19.7 Å². The van der Waals surface area contributed by atoms with E-state index < -0.39 is 41.8 Å². The highest BCUT2D eigenvalue weighted by Gasteiger charge is 2.48. The van der Waals surface area contributed by atoms with Crippen LogP contribution in [0.3, 0.4) is 0 Å². The summed E-state index contributed by atoms with van der Waals surface area (Å²) in [5, 5.41) is 19.2. The van der Waals surface area contributed by atoms with Crippen molar-refractivity contribution in [1.29, 1.82) is 0 Å². The lowest BCUT2D eigenvalue weighted by atomic mass is 9.86. The molecule has 11 heteroatoms. The third kappa shape index (κ3) is 5.29. The monoisotopic (exact) mass is 486 g/mol. The number of carbonyl (C=O) groups excluding carboxylic acids is 2. The van der Waals surface area contributed by atoms with Crippen LogP contribution in [-0.4, -0.2) is 82.9 Å². The lowest BCUT2D eigenvalue weighted by Crippen LogP contribution is -2.64. The number of ether oxygens (including phenoxy) is 1. The first kappa shape index (κ1) is 24.3. The third-order valence-corrected chi connectivity index (χ3v) is 6.42. The number of likely N-dealkylation sites (tertiary alicyclic amines) is 1. The van der Waals surface area contributed by atoms with Gasteiger partial charge in [-0.1, -0.05) is 30.3 Å². The summed E-state index contributed by atoms with van der Waals surface area (Å²) in [6.07, 6.45) is -2.39. The normalized spacial score (nSPS) is 22.5. The zero-order valence-electron chi connectivity index (χ0n) is 18.9. The Bertz CT molecular complexity index is 1060. The Morgan fingerprint density at radius 1 is 0.971 bits per heavy atom. The topological polar surface area (TPSA) is 123 Å². The lowest BCUT2D eigenvalue weighted by molar-refractivity contribution is -0.150. The second-order valence-corrected chi connectivity index (χ2v) is 8.52. The number of piperidine rings is 1. The van der Waals surface area contributed by atoms with Gasteiger partial charge in [0.1, 0.15) is 12.1 Å². The van der Waals surface area contributed by atoms with Crippen molar-refractivity contribution in [2.75, 3.05) is 37.6 Å². The van der Waals surface area contributed by atoms with Crippen LogP contribution in [0.15, 0.2) is 54.6 Å².